The monoisotopic (exact) mass is 376 g/mol. The van der Waals surface area contributed by atoms with Gasteiger partial charge in [-0.15, -0.1) is 11.3 Å². The summed E-state index contributed by atoms with van der Waals surface area (Å²) in [6.07, 6.45) is 1.46. The van der Waals surface area contributed by atoms with E-state index in [9.17, 15) is 9.59 Å². The topological polar surface area (TPSA) is 59.9 Å². The number of ketones is 2. The number of rotatable bonds is 5. The minimum absolute atomic E-state index is 0.178. The van der Waals surface area contributed by atoms with E-state index in [1.807, 2.05) is 29.6 Å². The van der Waals surface area contributed by atoms with Gasteiger partial charge in [-0.2, -0.15) is 0 Å². The maximum Gasteiger partial charge on any atom is 0.150 e. The largest absolute Gasteiger partial charge is 0.298 e. The van der Waals surface area contributed by atoms with Crippen molar-refractivity contribution in [2.24, 2.45) is 0 Å². The average molecular weight is 377 g/mol. The molecule has 0 unspecified atom stereocenters. The van der Waals surface area contributed by atoms with E-state index >= 15 is 0 Å². The van der Waals surface area contributed by atoms with Crippen LogP contribution in [0.3, 0.4) is 0 Å². The Bertz CT molecular complexity index is 908. The van der Waals surface area contributed by atoms with Crippen LogP contribution >= 0.6 is 34.7 Å². The molecule has 0 fully saturated rings. The van der Waals surface area contributed by atoms with Crippen molar-refractivity contribution in [3.05, 3.63) is 41.0 Å². The number of carbonyl (C=O) groups excluding carboxylic acids is 2. The molecule has 0 aliphatic carbocycles. The quantitative estimate of drug-likeness (QED) is 0.368. The second-order valence-corrected chi connectivity index (χ2v) is 7.62. The van der Waals surface area contributed by atoms with Crippen molar-refractivity contribution >= 4 is 56.5 Å². The average Bonchev–Trinajstić information content (AvgIpc) is 2.97. The molecule has 122 valence electrons. The molecule has 0 saturated carbocycles. The summed E-state index contributed by atoms with van der Waals surface area (Å²) in [4.78, 5) is 33.0. The van der Waals surface area contributed by atoms with Crippen LogP contribution in [0.15, 0.2) is 41.0 Å². The van der Waals surface area contributed by atoms with Gasteiger partial charge in [-0.05, 0) is 31.5 Å². The SMILES string of the molecule is CC(=O)C(Sc1ncnc2scc(-c3ccc(Cl)cc3)c12)C(C)=O. The number of nitrogens with zero attached hydrogens (tertiary/aromatic N) is 2. The summed E-state index contributed by atoms with van der Waals surface area (Å²) in [5, 5.41) is 3.42. The molecule has 0 spiro atoms. The number of thioether (sulfide) groups is 1. The van der Waals surface area contributed by atoms with Crippen molar-refractivity contribution in [3.63, 3.8) is 0 Å². The number of hydrogen-bond acceptors (Lipinski definition) is 6. The molecule has 0 bridgehead atoms. The van der Waals surface area contributed by atoms with Crippen LogP contribution in [0, 0.1) is 0 Å². The van der Waals surface area contributed by atoms with Gasteiger partial charge in [-0.25, -0.2) is 9.97 Å². The Morgan fingerprint density at radius 2 is 1.79 bits per heavy atom. The van der Waals surface area contributed by atoms with Gasteiger partial charge in [0, 0.05) is 16.0 Å². The highest BCUT2D eigenvalue weighted by atomic mass is 35.5. The van der Waals surface area contributed by atoms with Crippen molar-refractivity contribution in [1.29, 1.82) is 0 Å². The molecule has 2 heterocycles. The van der Waals surface area contributed by atoms with Crippen molar-refractivity contribution in [2.75, 3.05) is 0 Å². The highest BCUT2D eigenvalue weighted by molar-refractivity contribution is 8.01. The Labute approximate surface area is 152 Å². The summed E-state index contributed by atoms with van der Waals surface area (Å²) >= 11 is 8.65. The van der Waals surface area contributed by atoms with E-state index in [2.05, 4.69) is 9.97 Å². The first kappa shape index (κ1) is 17.1. The zero-order valence-corrected chi connectivity index (χ0v) is 15.3. The van der Waals surface area contributed by atoms with E-state index < -0.39 is 5.25 Å². The molecule has 0 aliphatic rings. The van der Waals surface area contributed by atoms with Crippen molar-refractivity contribution in [3.8, 4) is 11.1 Å². The van der Waals surface area contributed by atoms with E-state index in [0.29, 0.717) is 10.0 Å². The standard InChI is InChI=1S/C17H13ClN2O2S2/c1-9(21)15(10(2)22)24-17-14-13(7-23-16(14)19-8-20-17)11-3-5-12(18)6-4-11/h3-8,15H,1-2H3. The number of halogens is 1. The van der Waals surface area contributed by atoms with Gasteiger partial charge < -0.3 is 0 Å². The van der Waals surface area contributed by atoms with E-state index in [4.69, 9.17) is 11.6 Å². The van der Waals surface area contributed by atoms with Crippen LogP contribution in [0.4, 0.5) is 0 Å². The molecule has 3 aromatic rings. The molecule has 7 heteroatoms. The van der Waals surface area contributed by atoms with Crippen LogP contribution in [0.25, 0.3) is 21.3 Å². The minimum atomic E-state index is -0.749. The van der Waals surface area contributed by atoms with Crippen LogP contribution in [0.1, 0.15) is 13.8 Å². The van der Waals surface area contributed by atoms with Gasteiger partial charge in [0.25, 0.3) is 0 Å². The normalized spacial score (nSPS) is 11.2. The van der Waals surface area contributed by atoms with Gasteiger partial charge in [-0.3, -0.25) is 9.59 Å². The highest BCUT2D eigenvalue weighted by Gasteiger charge is 2.24. The molecular formula is C17H13ClN2O2S2. The maximum atomic E-state index is 11.8. The smallest absolute Gasteiger partial charge is 0.150 e. The molecule has 2 aromatic heterocycles. The van der Waals surface area contributed by atoms with Crippen molar-refractivity contribution in [2.45, 2.75) is 24.1 Å². The lowest BCUT2D eigenvalue weighted by Crippen LogP contribution is -2.22. The maximum absolute atomic E-state index is 11.8. The number of fused-ring (bicyclic) bond motifs is 1. The number of hydrogen-bond donors (Lipinski definition) is 0. The summed E-state index contributed by atoms with van der Waals surface area (Å²) in [5.41, 5.74) is 1.96. The third kappa shape index (κ3) is 3.36. The van der Waals surface area contributed by atoms with E-state index in [-0.39, 0.29) is 11.6 Å². The molecule has 0 radical (unpaired) electrons. The van der Waals surface area contributed by atoms with Crippen LogP contribution in [-0.4, -0.2) is 26.8 Å². The van der Waals surface area contributed by atoms with Crippen LogP contribution in [-0.2, 0) is 9.59 Å². The molecule has 0 saturated heterocycles. The zero-order valence-electron chi connectivity index (χ0n) is 12.9. The second kappa shape index (κ2) is 7.01. The van der Waals surface area contributed by atoms with Gasteiger partial charge in [-0.1, -0.05) is 35.5 Å². The van der Waals surface area contributed by atoms with Gasteiger partial charge >= 0.3 is 0 Å². The van der Waals surface area contributed by atoms with E-state index in [1.165, 1.54) is 43.3 Å². The summed E-state index contributed by atoms with van der Waals surface area (Å²) < 4.78 is 0. The molecule has 0 amide bonds. The zero-order chi connectivity index (χ0) is 17.3. The molecule has 24 heavy (non-hydrogen) atoms. The first-order valence-corrected chi connectivity index (χ1v) is 9.27. The number of thiophene rings is 1. The third-order valence-corrected chi connectivity index (χ3v) is 6.03. The predicted octanol–water partition coefficient (Wildman–Crippen LogP) is 4.65. The summed E-state index contributed by atoms with van der Waals surface area (Å²) in [6.45, 7) is 2.84. The van der Waals surface area contributed by atoms with E-state index in [1.54, 1.807) is 0 Å². The molecule has 4 nitrogen and oxygen atoms in total. The molecular weight excluding hydrogens is 364 g/mol. The Morgan fingerprint density at radius 1 is 1.12 bits per heavy atom. The fourth-order valence-corrected chi connectivity index (χ4v) is 4.44. The fraction of sp³-hybridized carbons (Fsp3) is 0.176. The van der Waals surface area contributed by atoms with Gasteiger partial charge in [0.05, 0.1) is 5.39 Å². The first-order valence-electron chi connectivity index (χ1n) is 7.13. The lowest BCUT2D eigenvalue weighted by atomic mass is 10.1. The first-order chi connectivity index (χ1) is 11.5. The Hall–Kier alpha value is -1.76. The summed E-state index contributed by atoms with van der Waals surface area (Å²) in [7, 11) is 0. The second-order valence-electron chi connectivity index (χ2n) is 5.23. The summed E-state index contributed by atoms with van der Waals surface area (Å²) in [5.74, 6) is -0.356. The Morgan fingerprint density at radius 3 is 2.42 bits per heavy atom. The molecule has 0 N–H and O–H groups in total. The molecule has 0 atom stereocenters. The molecule has 3 rings (SSSR count). The number of benzene rings is 1. The molecule has 0 aliphatic heterocycles. The third-order valence-electron chi connectivity index (χ3n) is 3.46. The lowest BCUT2D eigenvalue weighted by molar-refractivity contribution is -0.123. The Balaban J connectivity index is 2.12. The van der Waals surface area contributed by atoms with Crippen LogP contribution in [0.2, 0.25) is 5.02 Å². The Kier molecular flexibility index (Phi) is 4.99. The number of carbonyl (C=O) groups is 2. The van der Waals surface area contributed by atoms with Gasteiger partial charge in [0.15, 0.2) is 11.6 Å². The summed E-state index contributed by atoms with van der Waals surface area (Å²) in [6, 6.07) is 7.51. The van der Waals surface area contributed by atoms with Gasteiger partial charge in [0.1, 0.15) is 21.4 Å². The van der Waals surface area contributed by atoms with Gasteiger partial charge in [0.2, 0.25) is 0 Å². The van der Waals surface area contributed by atoms with Crippen LogP contribution in [0.5, 0.6) is 0 Å². The fourth-order valence-electron chi connectivity index (χ4n) is 2.34. The predicted molar refractivity (Wildman–Crippen MR) is 98.9 cm³/mol. The lowest BCUT2D eigenvalue weighted by Gasteiger charge is -2.10. The van der Waals surface area contributed by atoms with E-state index in [0.717, 1.165) is 21.3 Å². The van der Waals surface area contributed by atoms with Crippen molar-refractivity contribution < 1.29 is 9.59 Å². The number of aromatic nitrogens is 2. The van der Waals surface area contributed by atoms with Crippen LogP contribution < -0.4 is 0 Å². The van der Waals surface area contributed by atoms with Crippen molar-refractivity contribution in [1.82, 2.24) is 9.97 Å². The molecule has 1 aromatic carbocycles. The number of Topliss-reactive ketones (excluding diaryl/α,β-unsaturated/α-hetero) is 2. The minimum Gasteiger partial charge on any atom is -0.298 e. The highest BCUT2D eigenvalue weighted by Crippen LogP contribution is 2.39.